The number of hydrogen-bond donors (Lipinski definition) is 8. The number of aromatic nitrogens is 4. The van der Waals surface area contributed by atoms with Crippen LogP contribution in [0.3, 0.4) is 0 Å². The van der Waals surface area contributed by atoms with Crippen molar-refractivity contribution < 1.29 is 101 Å². The van der Waals surface area contributed by atoms with Crippen molar-refractivity contribution in [2.24, 2.45) is 16.6 Å². The summed E-state index contributed by atoms with van der Waals surface area (Å²) in [7, 11) is 0. The van der Waals surface area contributed by atoms with Gasteiger partial charge in [0.1, 0.15) is 73.1 Å². The fraction of sp³-hybridized carbons (Fsp3) is 0.407. The number of ether oxygens (including phenoxy) is 8. The predicted molar refractivity (Wildman–Crippen MR) is 539 cm³/mol. The van der Waals surface area contributed by atoms with E-state index in [1.165, 1.54) is 34.1 Å². The van der Waals surface area contributed by atoms with Crippen molar-refractivity contribution in [1.82, 2.24) is 39.5 Å². The lowest BCUT2D eigenvalue weighted by Gasteiger charge is -2.35. The van der Waals surface area contributed by atoms with Gasteiger partial charge in [-0.15, -0.1) is 22.7 Å². The minimum Gasteiger partial charge on any atom is -0.508 e. The van der Waals surface area contributed by atoms with E-state index in [2.05, 4.69) is 41.9 Å². The molecule has 8 atom stereocenters. The zero-order valence-corrected chi connectivity index (χ0v) is 82.4. The number of fused-ring (bicyclic) bond motifs is 2. The number of benzene rings is 8. The summed E-state index contributed by atoms with van der Waals surface area (Å²) < 4.78 is 75.9. The van der Waals surface area contributed by atoms with Crippen molar-refractivity contribution >= 4 is 79.9 Å². The number of carbonyl (C=O) groups excluding carboxylic acids is 5. The lowest BCUT2D eigenvalue weighted by Crippen LogP contribution is -2.58. The average Bonchev–Trinajstić information content (AvgIpc) is 1.60. The number of aliphatic hydroxyl groups excluding tert-OH is 2. The minimum absolute atomic E-state index is 0. The van der Waals surface area contributed by atoms with E-state index in [9.17, 15) is 58.0 Å². The Labute approximate surface area is 824 Å². The number of aromatic hydroxyl groups is 2. The summed E-state index contributed by atoms with van der Waals surface area (Å²) in [5, 5.41) is 57.2. The largest absolute Gasteiger partial charge is 0.508 e. The molecule has 140 heavy (non-hydrogen) atoms. The van der Waals surface area contributed by atoms with Crippen LogP contribution in [-0.4, -0.2) is 232 Å². The molecular formula is C108H131F2N9O19S2. The highest BCUT2D eigenvalue weighted by atomic mass is 32.1. The Hall–Kier alpha value is -12.2. The van der Waals surface area contributed by atoms with E-state index in [0.29, 0.717) is 84.7 Å². The third-order valence-corrected chi connectivity index (χ3v) is 26.4. The molecular weight excluding hydrogens is 1830 g/mol. The quantitative estimate of drug-likeness (QED) is 0.0165. The number of rotatable bonds is 42. The molecule has 0 saturated carbocycles. The molecule has 2 aliphatic rings. The minimum atomic E-state index is -1.00. The number of aliphatic carboxylic acids is 1. The molecule has 14 rings (SSSR count). The Morgan fingerprint density at radius 3 is 1.29 bits per heavy atom. The van der Waals surface area contributed by atoms with Crippen molar-refractivity contribution in [1.29, 1.82) is 0 Å². The van der Waals surface area contributed by atoms with Crippen molar-refractivity contribution in [2.75, 3.05) is 106 Å². The van der Waals surface area contributed by atoms with E-state index < -0.39 is 65.0 Å². The number of phenolic OH excluding ortho intramolecular Hbond substituents is 2. The summed E-state index contributed by atoms with van der Waals surface area (Å²) in [6.45, 7) is 27.5. The maximum absolute atomic E-state index is 14.0. The van der Waals surface area contributed by atoms with Gasteiger partial charge in [0.2, 0.25) is 23.6 Å². The van der Waals surface area contributed by atoms with Gasteiger partial charge in [-0.25, -0.2) is 23.5 Å². The number of ketones is 1. The standard InChI is InChI=1S/C53H62FN5O9S.C30H32FNO7.C24H33N3O3S.CH4/c1-33-44-27-41(60)17-20-45(44)58(48(33)38-13-15-40(54)16-14-38)29-36-7-18-43(19-8-36)68-26-25-66-22-21-65-23-24-67-31-47(62)57-50(53(4,5)6)52(64)59-30-42(61)28-46(59)51(63)56-34(2)37-9-11-39(12-10-37)49-35(3)55-32-69-49;1-21-27-18-25(33)8-11-28(27)32(30(21)23-4-6-24(31)7-5-23)19-22-2-9-26(10-3-22)39-17-16-37-13-12-36-14-15-38-20-29(34)35;1-14(16-6-8-17(9-7-16)21-15(2)26-13-31-21)10-20(29)19-11-18(28)12-27(19)23(30)22(25)24(3,4)5;/h7-20,27,32,34,42,46,50,60-61H,21-26,28-31H2,1-6H3,(H,56,63)(H,57,62);2-11,18,33H,12-17,19-20H2,1H3,(H,34,35);6-9,13-14,18-19,22,28H,10-12,25H2,1-5H3;1H4/t34-,42+,46-,50+;;14-,18-,19+,22-;/m0.1./s1. The smallest absolute Gasteiger partial charge is 0.329 e. The molecule has 2 saturated heterocycles. The van der Waals surface area contributed by atoms with Gasteiger partial charge in [-0.1, -0.05) is 129 Å². The lowest BCUT2D eigenvalue weighted by atomic mass is 9.85. The average molecular weight is 1960 g/mol. The number of aliphatic hydroxyl groups is 2. The van der Waals surface area contributed by atoms with Crippen LogP contribution in [0.25, 0.3) is 65.2 Å². The Balaban J connectivity index is 0.000000222. The van der Waals surface area contributed by atoms with E-state index in [-0.39, 0.29) is 119 Å². The Morgan fingerprint density at radius 1 is 0.486 bits per heavy atom. The maximum Gasteiger partial charge on any atom is 0.329 e. The van der Waals surface area contributed by atoms with Crippen LogP contribution in [0, 0.1) is 50.2 Å². The number of carboxylic acid groups (broad SMARTS) is 1. The molecule has 4 amide bonds. The predicted octanol–water partition coefficient (Wildman–Crippen LogP) is 16.9. The van der Waals surface area contributed by atoms with E-state index >= 15 is 0 Å². The van der Waals surface area contributed by atoms with Gasteiger partial charge in [0, 0.05) is 67.2 Å². The monoisotopic (exact) mass is 1960 g/mol. The Morgan fingerprint density at radius 2 is 0.879 bits per heavy atom. The molecule has 0 aliphatic carbocycles. The number of Topliss-reactive ketones (excluding diaryl/α,β-unsaturated/α-hetero) is 1. The SMILES string of the molecule is C.Cc1c(-c2ccc(F)cc2)n(Cc2ccc(OCCOCCOCCOCC(=O)O)cc2)c2ccc(O)cc12.Cc1ncsc1-c1ccc([C@H](C)CC(=O)[C@@H]2C[C@@H](O)CN2C(=O)[C@@H](N)C(C)(C)C)cc1.Cc1ncsc1-c1ccc([C@H](C)NC(=O)[C@@H]2C[C@@H](O)CN2C(=O)[C@@H](NC(=O)COCCOCCOCCOc2ccc(Cn3c(-c4ccc(F)cc4)c(C)c4cc(O)ccc43)cc2)C(C)(C)C)cc1. The van der Waals surface area contributed by atoms with E-state index in [1.807, 2.05) is 191 Å². The van der Waals surface area contributed by atoms with Gasteiger partial charge >= 0.3 is 5.97 Å². The summed E-state index contributed by atoms with van der Waals surface area (Å²) in [6, 6.07) is 51.8. The first kappa shape index (κ1) is 108. The van der Waals surface area contributed by atoms with Gasteiger partial charge < -0.3 is 98.7 Å². The first-order chi connectivity index (χ1) is 66.5. The molecule has 0 radical (unpaired) electrons. The molecule has 6 heterocycles. The summed E-state index contributed by atoms with van der Waals surface area (Å²) in [5.74, 6) is -1.38. The van der Waals surface area contributed by atoms with Gasteiger partial charge in [0.25, 0.3) is 0 Å². The van der Waals surface area contributed by atoms with Crippen LogP contribution in [0.1, 0.15) is 139 Å². The molecule has 0 bridgehead atoms. The Kier molecular flexibility index (Phi) is 39.3. The summed E-state index contributed by atoms with van der Waals surface area (Å²) >= 11 is 3.18. The molecule has 748 valence electrons. The number of phenols is 2. The third kappa shape index (κ3) is 29.5. The van der Waals surface area contributed by atoms with Crippen LogP contribution < -0.4 is 25.8 Å². The molecule has 2 fully saturated rings. The number of hydrogen-bond acceptors (Lipinski definition) is 23. The molecule has 32 heteroatoms. The normalized spacial score (nSPS) is 15.6. The van der Waals surface area contributed by atoms with Crippen LogP contribution >= 0.6 is 22.7 Å². The molecule has 28 nitrogen and oxygen atoms in total. The third-order valence-electron chi connectivity index (χ3n) is 24.5. The van der Waals surface area contributed by atoms with Crippen LogP contribution in [0.4, 0.5) is 8.78 Å². The zero-order chi connectivity index (χ0) is 99.8. The number of likely N-dealkylation sites (tertiary alicyclic amines) is 2. The number of halogens is 2. The fourth-order valence-electron chi connectivity index (χ4n) is 16.9. The van der Waals surface area contributed by atoms with Crippen molar-refractivity contribution in [3.05, 3.63) is 249 Å². The van der Waals surface area contributed by atoms with Gasteiger partial charge in [-0.2, -0.15) is 0 Å². The van der Waals surface area contributed by atoms with Crippen molar-refractivity contribution in [2.45, 2.75) is 171 Å². The van der Waals surface area contributed by atoms with Crippen LogP contribution in [0.2, 0.25) is 0 Å². The second-order valence-electron chi connectivity index (χ2n) is 37.1. The maximum atomic E-state index is 14.0. The number of carbonyl (C=O) groups is 6. The summed E-state index contributed by atoms with van der Waals surface area (Å²) in [4.78, 5) is 90.8. The van der Waals surface area contributed by atoms with E-state index in [0.717, 1.165) is 116 Å². The van der Waals surface area contributed by atoms with E-state index in [4.69, 9.17) is 48.7 Å². The number of nitrogens with one attached hydrogen (secondary N) is 2. The summed E-state index contributed by atoms with van der Waals surface area (Å²) in [6.07, 6.45) is -0.907. The van der Waals surface area contributed by atoms with Crippen molar-refractivity contribution in [3.63, 3.8) is 0 Å². The number of aryl methyl sites for hydroxylation is 4. The van der Waals surface area contributed by atoms with Crippen molar-refractivity contribution in [3.8, 4) is 66.4 Å². The molecule has 0 unspecified atom stereocenters. The highest BCUT2D eigenvalue weighted by molar-refractivity contribution is 7.13. The van der Waals surface area contributed by atoms with Crippen LogP contribution in [0.15, 0.2) is 193 Å². The highest BCUT2D eigenvalue weighted by Gasteiger charge is 2.46. The lowest BCUT2D eigenvalue weighted by molar-refractivity contribution is -0.144. The molecule has 8 aromatic carbocycles. The van der Waals surface area contributed by atoms with Gasteiger partial charge in [-0.3, -0.25) is 24.0 Å². The second kappa shape index (κ2) is 50.8. The number of carboxylic acids is 1. The topological polar surface area (TPSA) is 370 Å². The van der Waals surface area contributed by atoms with Crippen LogP contribution in [0.5, 0.6) is 23.0 Å². The van der Waals surface area contributed by atoms with Gasteiger partial charge in [0.15, 0.2) is 5.78 Å². The number of amides is 4. The number of nitrogens with two attached hydrogens (primary N) is 1. The highest BCUT2D eigenvalue weighted by Crippen LogP contribution is 2.40. The zero-order valence-electron chi connectivity index (χ0n) is 80.7. The fourth-order valence-corrected chi connectivity index (χ4v) is 18.5. The number of nitrogens with zero attached hydrogens (tertiary/aromatic N) is 6. The molecule has 4 aromatic heterocycles. The number of thiazole rings is 2. The Bertz CT molecular complexity index is 6080. The second-order valence-corrected chi connectivity index (χ2v) is 38.8. The first-order valence-corrected chi connectivity index (χ1v) is 48.4. The van der Waals surface area contributed by atoms with Crippen LogP contribution in [-0.2, 0) is 70.3 Å². The molecule has 2 aliphatic heterocycles. The first-order valence-electron chi connectivity index (χ1n) is 46.6. The molecule has 9 N–H and O–H groups in total. The number of β-amino-alcohol motifs (C(OH)–C–C–N with tert-alkyl or cyclic N) is 2. The van der Waals surface area contributed by atoms with E-state index in [1.54, 1.807) is 71.2 Å². The van der Waals surface area contributed by atoms with Gasteiger partial charge in [-0.05, 0) is 216 Å². The molecule has 12 aromatic rings. The summed E-state index contributed by atoms with van der Waals surface area (Å²) in [5.41, 5.74) is 24.6. The molecule has 0 spiro atoms. The van der Waals surface area contributed by atoms with Gasteiger partial charge in [0.05, 0.1) is 140 Å².